The Morgan fingerprint density at radius 2 is 2.00 bits per heavy atom. The molecule has 1 saturated heterocycles. The lowest BCUT2D eigenvalue weighted by atomic mass is 9.86. The van der Waals surface area contributed by atoms with Crippen molar-refractivity contribution in [3.8, 4) is 5.75 Å². The molecule has 0 bridgehead atoms. The highest BCUT2D eigenvalue weighted by Gasteiger charge is 2.35. The molecular weight excluding hydrogens is 312 g/mol. The van der Waals surface area contributed by atoms with Crippen molar-refractivity contribution in [1.82, 2.24) is 4.90 Å². The summed E-state index contributed by atoms with van der Waals surface area (Å²) in [6, 6.07) is 7.93. The van der Waals surface area contributed by atoms with Crippen LogP contribution in [-0.2, 0) is 10.2 Å². The Morgan fingerprint density at radius 3 is 2.57 bits per heavy atom. The molecule has 4 nitrogen and oxygen atoms in total. The second kappa shape index (κ2) is 7.54. The van der Waals surface area contributed by atoms with Gasteiger partial charge in [0.15, 0.2) is 6.61 Å². The van der Waals surface area contributed by atoms with Crippen molar-refractivity contribution >= 4 is 18.3 Å². The Morgan fingerprint density at radius 1 is 1.35 bits per heavy atom. The van der Waals surface area contributed by atoms with Crippen molar-refractivity contribution in [3.05, 3.63) is 29.8 Å². The minimum atomic E-state index is -0.00852. The third-order valence-corrected chi connectivity index (χ3v) is 4.45. The fourth-order valence-electron chi connectivity index (χ4n) is 2.85. The second-order valence-electron chi connectivity index (χ2n) is 7.61. The van der Waals surface area contributed by atoms with Crippen LogP contribution in [0.1, 0.15) is 39.7 Å². The molecule has 1 aromatic carbocycles. The number of hydrogen-bond acceptors (Lipinski definition) is 3. The monoisotopic (exact) mass is 340 g/mol. The van der Waals surface area contributed by atoms with E-state index in [2.05, 4.69) is 33.8 Å². The van der Waals surface area contributed by atoms with Gasteiger partial charge in [-0.15, -0.1) is 12.4 Å². The lowest BCUT2D eigenvalue weighted by Gasteiger charge is -2.24. The lowest BCUT2D eigenvalue weighted by molar-refractivity contribution is -0.132. The first-order valence-electron chi connectivity index (χ1n) is 7.95. The smallest absolute Gasteiger partial charge is 0.260 e. The van der Waals surface area contributed by atoms with Gasteiger partial charge < -0.3 is 15.4 Å². The van der Waals surface area contributed by atoms with Crippen molar-refractivity contribution < 1.29 is 9.53 Å². The third-order valence-electron chi connectivity index (χ3n) is 4.45. The average molecular weight is 341 g/mol. The largest absolute Gasteiger partial charge is 0.483 e. The number of amides is 1. The van der Waals surface area contributed by atoms with Gasteiger partial charge in [-0.25, -0.2) is 0 Å². The van der Waals surface area contributed by atoms with Gasteiger partial charge >= 0.3 is 0 Å². The Labute approximate surface area is 145 Å². The van der Waals surface area contributed by atoms with E-state index in [1.54, 1.807) is 0 Å². The van der Waals surface area contributed by atoms with Crippen LogP contribution in [0.3, 0.4) is 0 Å². The van der Waals surface area contributed by atoms with E-state index >= 15 is 0 Å². The summed E-state index contributed by atoms with van der Waals surface area (Å²) in [7, 11) is 0. The molecule has 1 unspecified atom stereocenters. The van der Waals surface area contributed by atoms with E-state index in [-0.39, 0.29) is 35.8 Å². The Kier molecular flexibility index (Phi) is 6.49. The van der Waals surface area contributed by atoms with Gasteiger partial charge in [0.2, 0.25) is 0 Å². The van der Waals surface area contributed by atoms with Gasteiger partial charge in [0, 0.05) is 13.1 Å². The van der Waals surface area contributed by atoms with Crippen molar-refractivity contribution in [3.63, 3.8) is 0 Å². The number of carbonyl (C=O) groups is 1. The van der Waals surface area contributed by atoms with Gasteiger partial charge in [-0.3, -0.25) is 4.79 Å². The second-order valence-corrected chi connectivity index (χ2v) is 7.61. The molecule has 0 aromatic heterocycles. The van der Waals surface area contributed by atoms with E-state index in [1.165, 1.54) is 0 Å². The molecule has 23 heavy (non-hydrogen) atoms. The van der Waals surface area contributed by atoms with Gasteiger partial charge in [0.05, 0.1) is 0 Å². The average Bonchev–Trinajstić information content (AvgIpc) is 2.87. The molecule has 1 heterocycles. The lowest BCUT2D eigenvalue weighted by Crippen LogP contribution is -2.37. The van der Waals surface area contributed by atoms with Crippen LogP contribution >= 0.6 is 12.4 Å². The van der Waals surface area contributed by atoms with Crippen LogP contribution in [0.4, 0.5) is 0 Å². The molecule has 2 N–H and O–H groups in total. The number of likely N-dealkylation sites (tertiary alicyclic amines) is 1. The number of carbonyl (C=O) groups excluding carboxylic acids is 1. The van der Waals surface area contributed by atoms with Crippen LogP contribution < -0.4 is 10.5 Å². The molecule has 130 valence electrons. The minimum absolute atomic E-state index is 0. The molecule has 0 radical (unpaired) electrons. The first-order chi connectivity index (χ1) is 10.2. The van der Waals surface area contributed by atoms with Gasteiger partial charge in [-0.2, -0.15) is 0 Å². The zero-order chi connectivity index (χ0) is 16.4. The number of hydrogen-bond donors (Lipinski definition) is 1. The highest BCUT2D eigenvalue weighted by molar-refractivity contribution is 5.85. The van der Waals surface area contributed by atoms with Crippen molar-refractivity contribution in [2.75, 3.05) is 26.2 Å². The zero-order valence-corrected chi connectivity index (χ0v) is 15.4. The van der Waals surface area contributed by atoms with E-state index in [0.29, 0.717) is 6.54 Å². The fourth-order valence-corrected chi connectivity index (χ4v) is 2.85. The summed E-state index contributed by atoms with van der Waals surface area (Å²) in [5, 5.41) is 0. The van der Waals surface area contributed by atoms with Gasteiger partial charge in [-0.1, -0.05) is 45.9 Å². The maximum absolute atomic E-state index is 12.3. The predicted octanol–water partition coefficient (Wildman–Crippen LogP) is 2.98. The Bertz CT molecular complexity index is 542. The first kappa shape index (κ1) is 19.8. The molecule has 2 rings (SSSR count). The molecule has 1 atom stereocenters. The number of ether oxygens (including phenoxy) is 1. The summed E-state index contributed by atoms with van der Waals surface area (Å²) in [5.41, 5.74) is 6.96. The maximum Gasteiger partial charge on any atom is 0.260 e. The van der Waals surface area contributed by atoms with Crippen LogP contribution in [0.2, 0.25) is 0 Å². The summed E-state index contributed by atoms with van der Waals surface area (Å²) in [6.07, 6.45) is 0.966. The van der Waals surface area contributed by atoms with Crippen molar-refractivity contribution in [1.29, 1.82) is 0 Å². The molecule has 1 aromatic rings. The molecule has 0 aliphatic carbocycles. The summed E-state index contributed by atoms with van der Waals surface area (Å²) < 4.78 is 5.82. The number of rotatable bonds is 4. The highest BCUT2D eigenvalue weighted by Crippen LogP contribution is 2.31. The summed E-state index contributed by atoms with van der Waals surface area (Å²) >= 11 is 0. The van der Waals surface area contributed by atoms with Crippen LogP contribution in [0.25, 0.3) is 0 Å². The van der Waals surface area contributed by atoms with E-state index in [1.807, 2.05) is 23.1 Å². The fraction of sp³-hybridized carbons (Fsp3) is 0.611. The normalized spacial score (nSPS) is 21.0. The number of nitrogens with zero attached hydrogens (tertiary/aromatic N) is 1. The van der Waals surface area contributed by atoms with Crippen LogP contribution in [-0.4, -0.2) is 37.0 Å². The van der Waals surface area contributed by atoms with E-state index in [9.17, 15) is 4.79 Å². The van der Waals surface area contributed by atoms with Crippen LogP contribution in [0.5, 0.6) is 5.75 Å². The summed E-state index contributed by atoms with van der Waals surface area (Å²) in [5.74, 6) is 0.838. The van der Waals surface area contributed by atoms with Gasteiger partial charge in [0.25, 0.3) is 5.91 Å². The molecule has 1 aliphatic rings. The van der Waals surface area contributed by atoms with E-state index in [0.717, 1.165) is 30.8 Å². The molecule has 1 amide bonds. The van der Waals surface area contributed by atoms with Crippen LogP contribution in [0, 0.1) is 5.41 Å². The SMILES string of the molecule is CC1(CN)CCN(C(=O)COc2ccccc2C(C)(C)C)C1.Cl. The molecule has 0 spiro atoms. The van der Waals surface area contributed by atoms with Crippen molar-refractivity contribution in [2.24, 2.45) is 11.1 Å². The molecule has 1 aliphatic heterocycles. The summed E-state index contributed by atoms with van der Waals surface area (Å²) in [4.78, 5) is 14.2. The van der Waals surface area contributed by atoms with E-state index < -0.39 is 0 Å². The van der Waals surface area contributed by atoms with Gasteiger partial charge in [0.1, 0.15) is 5.75 Å². The summed E-state index contributed by atoms with van der Waals surface area (Å²) in [6.45, 7) is 10.8. The third kappa shape index (κ3) is 4.85. The highest BCUT2D eigenvalue weighted by atomic mass is 35.5. The molecule has 5 heteroatoms. The van der Waals surface area contributed by atoms with E-state index in [4.69, 9.17) is 10.5 Å². The van der Waals surface area contributed by atoms with Crippen LogP contribution in [0.15, 0.2) is 24.3 Å². The number of para-hydroxylation sites is 1. The number of benzene rings is 1. The van der Waals surface area contributed by atoms with Gasteiger partial charge in [-0.05, 0) is 35.4 Å². The topological polar surface area (TPSA) is 55.6 Å². The minimum Gasteiger partial charge on any atom is -0.483 e. The Hall–Kier alpha value is -1.26. The standard InChI is InChI=1S/C18H28N2O2.ClH/c1-17(2,3)14-7-5-6-8-15(14)22-11-16(21)20-10-9-18(4,12-19)13-20;/h5-8H,9-13,19H2,1-4H3;1H. The molecular formula is C18H29ClN2O2. The zero-order valence-electron chi connectivity index (χ0n) is 14.6. The first-order valence-corrected chi connectivity index (χ1v) is 7.95. The number of halogens is 1. The predicted molar refractivity (Wildman–Crippen MR) is 96.2 cm³/mol. The quantitative estimate of drug-likeness (QED) is 0.916. The Balaban J connectivity index is 0.00000264. The van der Waals surface area contributed by atoms with Crippen molar-refractivity contribution in [2.45, 2.75) is 39.5 Å². The molecule has 0 saturated carbocycles. The maximum atomic E-state index is 12.3. The number of nitrogens with two attached hydrogens (primary N) is 1. The molecule has 1 fully saturated rings.